The summed E-state index contributed by atoms with van der Waals surface area (Å²) in [5.41, 5.74) is 3.33. The van der Waals surface area contributed by atoms with Crippen LogP contribution in [0.4, 0.5) is 0 Å². The van der Waals surface area contributed by atoms with E-state index in [2.05, 4.69) is 21.9 Å². The van der Waals surface area contributed by atoms with Crippen molar-refractivity contribution >= 4 is 16.8 Å². The average Bonchev–Trinajstić information content (AvgIpc) is 2.82. The SMILES string of the molecule is C=C(C)COc1ccc2nc(C)n(-c3ccc(C(=O)NCc4cccnc4)cc3)c(=O)c2c1. The van der Waals surface area contributed by atoms with Crippen LogP contribution < -0.4 is 15.6 Å². The molecule has 4 rings (SSSR count). The van der Waals surface area contributed by atoms with Gasteiger partial charge in [0, 0.05) is 24.5 Å². The molecule has 2 aromatic heterocycles. The van der Waals surface area contributed by atoms with Crippen molar-refractivity contribution in [1.29, 1.82) is 0 Å². The van der Waals surface area contributed by atoms with Crippen molar-refractivity contribution in [3.05, 3.63) is 106 Å². The van der Waals surface area contributed by atoms with Crippen LogP contribution in [0.15, 0.2) is 83.9 Å². The smallest absolute Gasteiger partial charge is 0.266 e. The quantitative estimate of drug-likeness (QED) is 0.440. The topological polar surface area (TPSA) is 86.1 Å². The molecule has 1 amide bonds. The minimum absolute atomic E-state index is 0.202. The molecular formula is C26H24N4O3. The molecule has 0 atom stereocenters. The summed E-state index contributed by atoms with van der Waals surface area (Å²) in [6.07, 6.45) is 3.39. The number of pyridine rings is 1. The molecule has 0 spiro atoms. The molecule has 166 valence electrons. The van der Waals surface area contributed by atoms with Crippen molar-refractivity contribution in [2.75, 3.05) is 6.61 Å². The second-order valence-corrected chi connectivity index (χ2v) is 7.82. The van der Waals surface area contributed by atoms with Gasteiger partial charge in [-0.1, -0.05) is 12.6 Å². The molecule has 2 heterocycles. The Labute approximate surface area is 191 Å². The lowest BCUT2D eigenvalue weighted by Crippen LogP contribution is -2.24. The number of amides is 1. The van der Waals surface area contributed by atoms with Crippen molar-refractivity contribution in [1.82, 2.24) is 19.9 Å². The fourth-order valence-electron chi connectivity index (χ4n) is 3.43. The highest BCUT2D eigenvalue weighted by Gasteiger charge is 2.12. The number of aromatic nitrogens is 3. The van der Waals surface area contributed by atoms with Gasteiger partial charge in [-0.2, -0.15) is 0 Å². The Morgan fingerprint density at radius 1 is 1.15 bits per heavy atom. The second-order valence-electron chi connectivity index (χ2n) is 7.82. The number of rotatable bonds is 7. The molecule has 4 aromatic rings. The van der Waals surface area contributed by atoms with E-state index in [1.165, 1.54) is 4.57 Å². The highest BCUT2D eigenvalue weighted by atomic mass is 16.5. The molecule has 1 N–H and O–H groups in total. The highest BCUT2D eigenvalue weighted by molar-refractivity contribution is 5.94. The largest absolute Gasteiger partial charge is 0.489 e. The summed E-state index contributed by atoms with van der Waals surface area (Å²) in [5.74, 6) is 0.933. The van der Waals surface area contributed by atoms with Crippen LogP contribution in [0, 0.1) is 6.92 Å². The molecule has 33 heavy (non-hydrogen) atoms. The zero-order chi connectivity index (χ0) is 23.4. The molecule has 2 aromatic carbocycles. The van der Waals surface area contributed by atoms with Gasteiger partial charge >= 0.3 is 0 Å². The van der Waals surface area contributed by atoms with Gasteiger partial charge in [0.2, 0.25) is 0 Å². The number of hydrogen-bond donors (Lipinski definition) is 1. The lowest BCUT2D eigenvalue weighted by atomic mass is 10.1. The first-order valence-electron chi connectivity index (χ1n) is 10.5. The summed E-state index contributed by atoms with van der Waals surface area (Å²) in [4.78, 5) is 34.4. The predicted octanol–water partition coefficient (Wildman–Crippen LogP) is 3.97. The molecule has 0 saturated carbocycles. The van der Waals surface area contributed by atoms with Gasteiger partial charge in [0.25, 0.3) is 11.5 Å². The minimum atomic E-state index is -0.203. The maximum atomic E-state index is 13.3. The number of hydrogen-bond acceptors (Lipinski definition) is 5. The molecule has 0 saturated heterocycles. The van der Waals surface area contributed by atoms with Crippen LogP contribution in [0.25, 0.3) is 16.6 Å². The molecule has 0 unspecified atom stereocenters. The maximum Gasteiger partial charge on any atom is 0.266 e. The summed E-state index contributed by atoms with van der Waals surface area (Å²) in [7, 11) is 0. The fraction of sp³-hybridized carbons (Fsp3) is 0.154. The second kappa shape index (κ2) is 9.48. The number of ether oxygens (including phenoxy) is 1. The van der Waals surface area contributed by atoms with Gasteiger partial charge in [0.1, 0.15) is 18.2 Å². The summed E-state index contributed by atoms with van der Waals surface area (Å²) in [6, 6.07) is 15.8. The molecule has 7 nitrogen and oxygen atoms in total. The van der Waals surface area contributed by atoms with E-state index in [0.29, 0.717) is 46.9 Å². The Bertz CT molecular complexity index is 1380. The van der Waals surface area contributed by atoms with Crippen molar-refractivity contribution in [2.24, 2.45) is 0 Å². The van der Waals surface area contributed by atoms with Crippen molar-refractivity contribution in [3.8, 4) is 11.4 Å². The number of nitrogens with zero attached hydrogens (tertiary/aromatic N) is 3. The Kier molecular flexibility index (Phi) is 6.31. The van der Waals surface area contributed by atoms with Crippen LogP contribution in [0.5, 0.6) is 5.75 Å². The Hall–Kier alpha value is -4.26. The highest BCUT2D eigenvalue weighted by Crippen LogP contribution is 2.19. The van der Waals surface area contributed by atoms with E-state index in [4.69, 9.17) is 4.74 Å². The lowest BCUT2D eigenvalue weighted by Gasteiger charge is -2.13. The summed E-state index contributed by atoms with van der Waals surface area (Å²) >= 11 is 0. The number of carbonyl (C=O) groups is 1. The summed E-state index contributed by atoms with van der Waals surface area (Å²) in [6.45, 7) is 8.25. The van der Waals surface area contributed by atoms with E-state index in [9.17, 15) is 9.59 Å². The Morgan fingerprint density at radius 2 is 1.94 bits per heavy atom. The third-order valence-corrected chi connectivity index (χ3v) is 5.06. The molecule has 0 fully saturated rings. The van der Waals surface area contributed by atoms with Crippen LogP contribution in [0.2, 0.25) is 0 Å². The van der Waals surface area contributed by atoms with Gasteiger partial charge in [-0.3, -0.25) is 19.1 Å². The summed E-state index contributed by atoms with van der Waals surface area (Å²) in [5, 5.41) is 3.32. The number of carbonyl (C=O) groups excluding carboxylic acids is 1. The van der Waals surface area contributed by atoms with Crippen LogP contribution >= 0.6 is 0 Å². The maximum absolute atomic E-state index is 13.3. The van der Waals surface area contributed by atoms with Crippen molar-refractivity contribution in [2.45, 2.75) is 20.4 Å². The molecule has 0 aliphatic carbocycles. The molecular weight excluding hydrogens is 416 g/mol. The zero-order valence-electron chi connectivity index (χ0n) is 18.5. The van der Waals surface area contributed by atoms with Gasteiger partial charge < -0.3 is 10.1 Å². The van der Waals surface area contributed by atoms with Gasteiger partial charge in [0.15, 0.2) is 0 Å². The molecule has 7 heteroatoms. The van der Waals surface area contributed by atoms with Gasteiger partial charge in [-0.25, -0.2) is 4.98 Å². The van der Waals surface area contributed by atoms with Crippen molar-refractivity contribution in [3.63, 3.8) is 0 Å². The van der Waals surface area contributed by atoms with E-state index in [0.717, 1.165) is 11.1 Å². The zero-order valence-corrected chi connectivity index (χ0v) is 18.5. The van der Waals surface area contributed by atoms with Gasteiger partial charge in [-0.15, -0.1) is 0 Å². The van der Waals surface area contributed by atoms with E-state index >= 15 is 0 Å². The molecule has 0 aliphatic heterocycles. The van der Waals surface area contributed by atoms with Gasteiger partial charge in [0.05, 0.1) is 16.6 Å². The third kappa shape index (κ3) is 4.98. The number of benzene rings is 2. The number of fused-ring (bicyclic) bond motifs is 1. The number of nitrogens with one attached hydrogen (secondary N) is 1. The molecule has 0 radical (unpaired) electrons. The fourth-order valence-corrected chi connectivity index (χ4v) is 3.43. The lowest BCUT2D eigenvalue weighted by molar-refractivity contribution is 0.0951. The Morgan fingerprint density at radius 3 is 2.64 bits per heavy atom. The van der Waals surface area contributed by atoms with E-state index in [1.54, 1.807) is 61.8 Å². The van der Waals surface area contributed by atoms with E-state index < -0.39 is 0 Å². The van der Waals surface area contributed by atoms with E-state index in [1.807, 2.05) is 19.1 Å². The average molecular weight is 441 g/mol. The normalized spacial score (nSPS) is 10.7. The minimum Gasteiger partial charge on any atom is -0.489 e. The van der Waals surface area contributed by atoms with Crippen LogP contribution in [0.1, 0.15) is 28.7 Å². The van der Waals surface area contributed by atoms with Crippen LogP contribution in [-0.4, -0.2) is 27.0 Å². The monoisotopic (exact) mass is 440 g/mol. The first-order valence-corrected chi connectivity index (χ1v) is 10.5. The van der Waals surface area contributed by atoms with Gasteiger partial charge in [-0.05, 0) is 73.5 Å². The molecule has 0 bridgehead atoms. The van der Waals surface area contributed by atoms with Crippen LogP contribution in [0.3, 0.4) is 0 Å². The first-order chi connectivity index (χ1) is 15.9. The van der Waals surface area contributed by atoms with Crippen molar-refractivity contribution < 1.29 is 9.53 Å². The first kappa shape index (κ1) is 22.0. The van der Waals surface area contributed by atoms with Crippen LogP contribution in [-0.2, 0) is 6.54 Å². The Balaban J connectivity index is 1.59. The number of aryl methyl sites for hydroxylation is 1. The van der Waals surface area contributed by atoms with E-state index in [-0.39, 0.29) is 11.5 Å². The third-order valence-electron chi connectivity index (χ3n) is 5.06. The molecule has 0 aliphatic rings. The standard InChI is InChI=1S/C26H24N4O3/c1-17(2)16-33-22-10-11-24-23(13-22)26(32)30(18(3)29-24)21-8-6-20(7-9-21)25(31)28-15-19-5-4-12-27-14-19/h4-14H,1,15-16H2,2-3H3,(H,28,31). The predicted molar refractivity (Wildman–Crippen MR) is 128 cm³/mol. The summed E-state index contributed by atoms with van der Waals surface area (Å²) < 4.78 is 7.21.